The van der Waals surface area contributed by atoms with Crippen LogP contribution in [0.1, 0.15) is 25.5 Å². The van der Waals surface area contributed by atoms with E-state index in [1.54, 1.807) is 38.3 Å². The van der Waals surface area contributed by atoms with Crippen LogP contribution < -0.4 is 15.4 Å². The van der Waals surface area contributed by atoms with Crippen LogP contribution in [0, 0.1) is 0 Å². The molecule has 0 saturated carbocycles. The van der Waals surface area contributed by atoms with E-state index in [9.17, 15) is 9.59 Å². The molecule has 6 nitrogen and oxygen atoms in total. The van der Waals surface area contributed by atoms with E-state index in [1.807, 2.05) is 19.1 Å². The summed E-state index contributed by atoms with van der Waals surface area (Å²) < 4.78 is 10.4. The van der Waals surface area contributed by atoms with Crippen LogP contribution in [0.25, 0.3) is 0 Å². The molecule has 6 heteroatoms. The van der Waals surface area contributed by atoms with Gasteiger partial charge in [0.15, 0.2) is 0 Å². The lowest BCUT2D eigenvalue weighted by atomic mass is 9.95. The van der Waals surface area contributed by atoms with Crippen molar-refractivity contribution >= 4 is 12.0 Å². The Morgan fingerprint density at radius 2 is 2.00 bits per heavy atom. The molecule has 0 radical (unpaired) electrons. The molecule has 1 aliphatic rings. The molecule has 1 unspecified atom stereocenters. The number of methoxy groups -OCH3 is 1. The van der Waals surface area contributed by atoms with Crippen molar-refractivity contribution in [3.63, 3.8) is 0 Å². The fraction of sp³-hybridized carbons (Fsp3) is 0.294. The lowest BCUT2D eigenvalue weighted by Gasteiger charge is -2.28. The van der Waals surface area contributed by atoms with Gasteiger partial charge in [0, 0.05) is 5.70 Å². The maximum atomic E-state index is 12.4. The first-order valence-electron chi connectivity index (χ1n) is 7.27. The number of nitrogens with one attached hydrogen (secondary N) is 2. The third-order valence-electron chi connectivity index (χ3n) is 3.48. The lowest BCUT2D eigenvalue weighted by molar-refractivity contribution is -0.138. The Bertz CT molecular complexity index is 647. The number of ether oxygens (including phenoxy) is 2. The summed E-state index contributed by atoms with van der Waals surface area (Å²) in [6.07, 6.45) is 3.54. The third-order valence-corrected chi connectivity index (χ3v) is 3.48. The summed E-state index contributed by atoms with van der Waals surface area (Å²) in [6.45, 7) is 3.72. The average Bonchev–Trinajstić information content (AvgIpc) is 2.54. The Morgan fingerprint density at radius 1 is 1.30 bits per heavy atom. The lowest BCUT2D eigenvalue weighted by Crippen LogP contribution is -2.45. The first-order chi connectivity index (χ1) is 11.1. The van der Waals surface area contributed by atoms with Crippen LogP contribution in [0.4, 0.5) is 4.79 Å². The predicted molar refractivity (Wildman–Crippen MR) is 85.9 cm³/mol. The Morgan fingerprint density at radius 3 is 2.61 bits per heavy atom. The second-order valence-electron chi connectivity index (χ2n) is 5.01. The van der Waals surface area contributed by atoms with E-state index in [1.165, 1.54) is 0 Å². The zero-order chi connectivity index (χ0) is 16.8. The van der Waals surface area contributed by atoms with E-state index in [0.717, 1.165) is 5.56 Å². The Balaban J connectivity index is 2.31. The second-order valence-corrected chi connectivity index (χ2v) is 5.01. The van der Waals surface area contributed by atoms with Crippen molar-refractivity contribution in [3.05, 3.63) is 53.3 Å². The fourth-order valence-corrected chi connectivity index (χ4v) is 2.31. The first kappa shape index (κ1) is 16.6. The number of amides is 2. The van der Waals surface area contributed by atoms with Gasteiger partial charge in [-0.2, -0.15) is 0 Å². The predicted octanol–water partition coefficient (Wildman–Crippen LogP) is 2.44. The van der Waals surface area contributed by atoms with E-state index in [0.29, 0.717) is 17.0 Å². The van der Waals surface area contributed by atoms with Crippen molar-refractivity contribution in [1.82, 2.24) is 10.6 Å². The number of benzene rings is 1. The smallest absolute Gasteiger partial charge is 0.338 e. The maximum Gasteiger partial charge on any atom is 0.338 e. The molecule has 1 aromatic carbocycles. The highest BCUT2D eigenvalue weighted by molar-refractivity contribution is 5.95. The quantitative estimate of drug-likeness (QED) is 0.646. The SMILES string of the molecule is C/C=C/COC(=O)C1=C(C)NC(=O)NC1c1ccc(OC)cc1. The highest BCUT2D eigenvalue weighted by Crippen LogP contribution is 2.28. The molecule has 0 aromatic heterocycles. The highest BCUT2D eigenvalue weighted by Gasteiger charge is 2.32. The monoisotopic (exact) mass is 316 g/mol. The van der Waals surface area contributed by atoms with Crippen LogP contribution in [0.15, 0.2) is 47.7 Å². The van der Waals surface area contributed by atoms with Gasteiger partial charge < -0.3 is 20.1 Å². The molecular weight excluding hydrogens is 296 g/mol. The van der Waals surface area contributed by atoms with Gasteiger partial charge in [0.25, 0.3) is 0 Å². The summed E-state index contributed by atoms with van der Waals surface area (Å²) in [5.74, 6) is 0.237. The zero-order valence-corrected chi connectivity index (χ0v) is 13.4. The van der Waals surface area contributed by atoms with E-state index in [-0.39, 0.29) is 12.6 Å². The van der Waals surface area contributed by atoms with Gasteiger partial charge in [-0.3, -0.25) is 0 Å². The van der Waals surface area contributed by atoms with Gasteiger partial charge in [-0.25, -0.2) is 9.59 Å². The number of esters is 1. The minimum atomic E-state index is -0.562. The standard InChI is InChI=1S/C17H20N2O4/c1-4-5-10-23-16(20)14-11(2)18-17(21)19-15(14)12-6-8-13(22-3)9-7-12/h4-9,15H,10H2,1-3H3,(H2,18,19,21)/b5-4+. The minimum absolute atomic E-state index is 0.190. The normalized spacial score (nSPS) is 17.7. The van der Waals surface area contributed by atoms with E-state index < -0.39 is 12.0 Å². The number of hydrogen-bond donors (Lipinski definition) is 2. The van der Waals surface area contributed by atoms with E-state index in [4.69, 9.17) is 9.47 Å². The molecule has 2 amide bonds. The number of urea groups is 1. The van der Waals surface area contributed by atoms with Crippen LogP contribution in [-0.4, -0.2) is 25.7 Å². The third kappa shape index (κ3) is 3.91. The van der Waals surface area contributed by atoms with Gasteiger partial charge in [0.05, 0.1) is 18.7 Å². The van der Waals surface area contributed by atoms with Gasteiger partial charge >= 0.3 is 12.0 Å². The molecule has 0 aliphatic carbocycles. The number of carbonyl (C=O) groups excluding carboxylic acids is 2. The Hall–Kier alpha value is -2.76. The molecule has 23 heavy (non-hydrogen) atoms. The van der Waals surface area contributed by atoms with Crippen molar-refractivity contribution in [2.24, 2.45) is 0 Å². The highest BCUT2D eigenvalue weighted by atomic mass is 16.5. The van der Waals surface area contributed by atoms with Gasteiger partial charge in [-0.15, -0.1) is 0 Å². The first-order valence-corrected chi connectivity index (χ1v) is 7.27. The summed E-state index contributed by atoms with van der Waals surface area (Å²) >= 11 is 0. The number of rotatable bonds is 5. The van der Waals surface area contributed by atoms with Crippen molar-refractivity contribution in [2.45, 2.75) is 19.9 Å². The van der Waals surface area contributed by atoms with Crippen LogP contribution in [0.2, 0.25) is 0 Å². The number of hydrogen-bond acceptors (Lipinski definition) is 4. The minimum Gasteiger partial charge on any atom is -0.497 e. The van der Waals surface area contributed by atoms with Gasteiger partial charge in [0.1, 0.15) is 12.4 Å². The summed E-state index contributed by atoms with van der Waals surface area (Å²) in [7, 11) is 1.58. The zero-order valence-electron chi connectivity index (χ0n) is 13.4. The van der Waals surface area contributed by atoms with Crippen molar-refractivity contribution in [3.8, 4) is 5.75 Å². The maximum absolute atomic E-state index is 12.4. The van der Waals surface area contributed by atoms with Crippen LogP contribution in [0.3, 0.4) is 0 Å². The van der Waals surface area contributed by atoms with Crippen LogP contribution in [-0.2, 0) is 9.53 Å². The molecule has 1 aromatic rings. The van der Waals surface area contributed by atoms with Crippen molar-refractivity contribution in [2.75, 3.05) is 13.7 Å². The van der Waals surface area contributed by atoms with E-state index in [2.05, 4.69) is 10.6 Å². The van der Waals surface area contributed by atoms with Gasteiger partial charge in [0.2, 0.25) is 0 Å². The Labute approximate surface area is 135 Å². The number of carbonyl (C=O) groups is 2. The molecule has 0 spiro atoms. The summed E-state index contributed by atoms with van der Waals surface area (Å²) in [5.41, 5.74) is 1.65. The van der Waals surface area contributed by atoms with Crippen molar-refractivity contribution in [1.29, 1.82) is 0 Å². The molecule has 0 bridgehead atoms. The van der Waals surface area contributed by atoms with E-state index >= 15 is 0 Å². The van der Waals surface area contributed by atoms with Gasteiger partial charge in [-0.05, 0) is 31.5 Å². The summed E-state index contributed by atoms with van der Waals surface area (Å²) in [5, 5.41) is 5.36. The Kier molecular flexibility index (Phi) is 5.41. The molecule has 1 heterocycles. The summed E-state index contributed by atoms with van der Waals surface area (Å²) in [6, 6.07) is 6.26. The molecule has 2 N–H and O–H groups in total. The molecule has 1 atom stereocenters. The fourth-order valence-electron chi connectivity index (χ4n) is 2.31. The second kappa shape index (κ2) is 7.49. The van der Waals surface area contributed by atoms with Gasteiger partial charge in [-0.1, -0.05) is 24.3 Å². The van der Waals surface area contributed by atoms with Crippen molar-refractivity contribution < 1.29 is 19.1 Å². The number of allylic oxidation sites excluding steroid dienone is 2. The largest absolute Gasteiger partial charge is 0.497 e. The molecule has 0 fully saturated rings. The topological polar surface area (TPSA) is 76.7 Å². The molecule has 0 saturated heterocycles. The van der Waals surface area contributed by atoms with Crippen LogP contribution in [0.5, 0.6) is 5.75 Å². The van der Waals surface area contributed by atoms with Crippen LogP contribution >= 0.6 is 0 Å². The molecule has 122 valence electrons. The molecule has 2 rings (SSSR count). The summed E-state index contributed by atoms with van der Waals surface area (Å²) in [4.78, 5) is 24.1. The average molecular weight is 316 g/mol. The molecular formula is C17H20N2O4. The molecule has 1 aliphatic heterocycles.